The molecule has 1 fully saturated rings. The predicted octanol–water partition coefficient (Wildman–Crippen LogP) is -0.626. The first-order valence-corrected chi connectivity index (χ1v) is 9.05. The molecule has 14 heteroatoms. The van der Waals surface area contributed by atoms with Crippen LogP contribution in [0.1, 0.15) is 11.8 Å². The smallest absolute Gasteiger partial charge is 0.269 e. The summed E-state index contributed by atoms with van der Waals surface area (Å²) in [6.45, 7) is -0.500. The van der Waals surface area contributed by atoms with E-state index in [1.165, 1.54) is 41.4 Å². The molecule has 0 spiro atoms. The summed E-state index contributed by atoms with van der Waals surface area (Å²) in [5, 5.41) is 44.7. The zero-order valence-corrected chi connectivity index (χ0v) is 15.8. The Balaban J connectivity index is 1.66. The van der Waals surface area contributed by atoms with Gasteiger partial charge in [0.2, 0.25) is 5.95 Å². The van der Waals surface area contributed by atoms with Gasteiger partial charge < -0.3 is 25.8 Å². The number of aromatic nitrogens is 4. The van der Waals surface area contributed by atoms with E-state index < -0.39 is 36.1 Å². The van der Waals surface area contributed by atoms with Gasteiger partial charge in [0.15, 0.2) is 23.2 Å². The Morgan fingerprint density at radius 1 is 1.29 bits per heavy atom. The number of hydrogen-bond donors (Lipinski definition) is 5. The van der Waals surface area contributed by atoms with Gasteiger partial charge >= 0.3 is 0 Å². The van der Waals surface area contributed by atoms with Gasteiger partial charge in [-0.15, -0.1) is 0 Å². The predicted molar refractivity (Wildman–Crippen MR) is 107 cm³/mol. The number of nitrogens with one attached hydrogen (secondary N) is 1. The number of hydrazone groups is 1. The number of anilines is 2. The molecule has 0 unspecified atom stereocenters. The van der Waals surface area contributed by atoms with E-state index in [0.29, 0.717) is 5.56 Å². The fourth-order valence-corrected chi connectivity index (χ4v) is 3.19. The van der Waals surface area contributed by atoms with E-state index in [-0.39, 0.29) is 28.6 Å². The van der Waals surface area contributed by atoms with Crippen LogP contribution in [0.3, 0.4) is 0 Å². The van der Waals surface area contributed by atoms with Crippen LogP contribution in [0, 0.1) is 10.1 Å². The lowest BCUT2D eigenvalue weighted by Crippen LogP contribution is -2.33. The molecule has 0 bridgehead atoms. The van der Waals surface area contributed by atoms with E-state index in [9.17, 15) is 25.4 Å². The average Bonchev–Trinajstić information content (AvgIpc) is 3.26. The second-order valence-electron chi connectivity index (χ2n) is 6.68. The van der Waals surface area contributed by atoms with Crippen molar-refractivity contribution in [3.8, 4) is 0 Å². The second kappa shape index (κ2) is 8.19. The van der Waals surface area contributed by atoms with E-state index in [1.807, 2.05) is 0 Å². The summed E-state index contributed by atoms with van der Waals surface area (Å²) in [5.74, 6) is 0.160. The molecule has 14 nitrogen and oxygen atoms in total. The summed E-state index contributed by atoms with van der Waals surface area (Å²) in [5.41, 5.74) is 9.52. The SMILES string of the molecule is Nc1ncnc2c1nc(N/N=C\c1ccc([N+](=O)[O-])cc1)n2[C@@H]1O[C@@H](CO)[C@@H](O)[C@H]1O. The standard InChI is InChI=1S/C17H18N8O6/c18-14-11-15(20-7-19-14)24(16-13(28)12(27)10(6-26)31-16)17(22-11)23-21-5-8-1-3-9(4-2-8)25(29)30/h1-5,7,10,12-13,16,26-28H,6H2,(H,22,23)(H2,18,19,20)/b21-5-/t10-,12+,13+,16+/m0/s1. The van der Waals surface area contributed by atoms with Crippen LogP contribution < -0.4 is 11.2 Å². The summed E-state index contributed by atoms with van der Waals surface area (Å²) in [6, 6.07) is 5.71. The highest BCUT2D eigenvalue weighted by molar-refractivity contribution is 5.84. The highest BCUT2D eigenvalue weighted by Crippen LogP contribution is 2.35. The van der Waals surface area contributed by atoms with Crippen LogP contribution in [0.15, 0.2) is 35.7 Å². The number of non-ortho nitro benzene ring substituents is 1. The number of nitro groups is 1. The molecule has 4 rings (SSSR count). The summed E-state index contributed by atoms with van der Waals surface area (Å²) in [7, 11) is 0. The third kappa shape index (κ3) is 3.75. The summed E-state index contributed by atoms with van der Waals surface area (Å²) < 4.78 is 6.94. The Hall–Kier alpha value is -3.72. The molecule has 1 saturated heterocycles. The van der Waals surface area contributed by atoms with Gasteiger partial charge in [-0.25, -0.2) is 20.4 Å². The van der Waals surface area contributed by atoms with Gasteiger partial charge in [-0.1, -0.05) is 0 Å². The van der Waals surface area contributed by atoms with Crippen molar-refractivity contribution in [1.82, 2.24) is 19.5 Å². The number of benzene rings is 1. The van der Waals surface area contributed by atoms with Gasteiger partial charge in [0.1, 0.15) is 24.6 Å². The number of hydrogen-bond acceptors (Lipinski definition) is 12. The molecule has 3 aromatic rings. The molecule has 0 saturated carbocycles. The first kappa shape index (κ1) is 20.5. The summed E-state index contributed by atoms with van der Waals surface area (Å²) in [4.78, 5) is 22.5. The third-order valence-electron chi connectivity index (χ3n) is 4.76. The van der Waals surface area contributed by atoms with Crippen molar-refractivity contribution in [3.05, 3.63) is 46.3 Å². The van der Waals surface area contributed by atoms with Crippen molar-refractivity contribution in [2.24, 2.45) is 5.10 Å². The fraction of sp³-hybridized carbons (Fsp3) is 0.294. The van der Waals surface area contributed by atoms with Gasteiger partial charge in [-0.2, -0.15) is 5.10 Å². The Morgan fingerprint density at radius 2 is 2.03 bits per heavy atom. The normalized spacial score (nSPS) is 23.6. The molecule has 162 valence electrons. The molecule has 1 aromatic carbocycles. The lowest BCUT2D eigenvalue weighted by atomic mass is 10.1. The van der Waals surface area contributed by atoms with Gasteiger partial charge in [-0.05, 0) is 17.7 Å². The lowest BCUT2D eigenvalue weighted by molar-refractivity contribution is -0.384. The van der Waals surface area contributed by atoms with Crippen molar-refractivity contribution >= 4 is 34.8 Å². The molecule has 2 aromatic heterocycles. The summed E-state index contributed by atoms with van der Waals surface area (Å²) in [6.07, 6.45) is -2.24. The number of rotatable bonds is 6. The van der Waals surface area contributed by atoms with Crippen LogP contribution in [0.5, 0.6) is 0 Å². The molecular weight excluding hydrogens is 412 g/mol. The quantitative estimate of drug-likeness (QED) is 0.189. The molecule has 4 atom stereocenters. The number of nitrogens with two attached hydrogens (primary N) is 1. The number of nitrogens with zero attached hydrogens (tertiary/aromatic N) is 6. The average molecular weight is 430 g/mol. The van der Waals surface area contributed by atoms with Crippen LogP contribution in [-0.4, -0.2) is 70.9 Å². The minimum atomic E-state index is -1.38. The Labute approximate surface area is 173 Å². The van der Waals surface area contributed by atoms with Crippen molar-refractivity contribution in [1.29, 1.82) is 0 Å². The zero-order chi connectivity index (χ0) is 22.1. The number of ether oxygens (including phenoxy) is 1. The second-order valence-corrected chi connectivity index (χ2v) is 6.68. The minimum absolute atomic E-state index is 0.0506. The first-order valence-electron chi connectivity index (χ1n) is 9.05. The zero-order valence-electron chi connectivity index (χ0n) is 15.8. The van der Waals surface area contributed by atoms with Crippen LogP contribution in [-0.2, 0) is 4.74 Å². The number of fused-ring (bicyclic) bond motifs is 1. The van der Waals surface area contributed by atoms with E-state index in [0.717, 1.165) is 0 Å². The lowest BCUT2D eigenvalue weighted by Gasteiger charge is -2.18. The van der Waals surface area contributed by atoms with Gasteiger partial charge in [-0.3, -0.25) is 14.7 Å². The minimum Gasteiger partial charge on any atom is -0.394 e. The maximum absolute atomic E-state index is 10.7. The van der Waals surface area contributed by atoms with E-state index in [1.54, 1.807) is 0 Å². The molecular formula is C17H18N8O6. The number of aliphatic hydroxyl groups is 3. The highest BCUT2D eigenvalue weighted by Gasteiger charge is 2.45. The fourth-order valence-electron chi connectivity index (χ4n) is 3.19. The molecule has 1 aliphatic heterocycles. The third-order valence-corrected chi connectivity index (χ3v) is 4.76. The van der Waals surface area contributed by atoms with E-state index in [2.05, 4.69) is 25.5 Å². The van der Waals surface area contributed by atoms with Gasteiger partial charge in [0, 0.05) is 12.1 Å². The van der Waals surface area contributed by atoms with Crippen molar-refractivity contribution in [2.75, 3.05) is 17.8 Å². The van der Waals surface area contributed by atoms with Crippen LogP contribution in [0.25, 0.3) is 11.2 Å². The molecule has 0 aliphatic carbocycles. The summed E-state index contributed by atoms with van der Waals surface area (Å²) >= 11 is 0. The Kier molecular flexibility index (Phi) is 5.43. The van der Waals surface area contributed by atoms with E-state index >= 15 is 0 Å². The Morgan fingerprint density at radius 3 is 2.68 bits per heavy atom. The number of imidazole rings is 1. The van der Waals surface area contributed by atoms with Gasteiger partial charge in [0.05, 0.1) is 17.7 Å². The van der Waals surface area contributed by atoms with E-state index in [4.69, 9.17) is 10.5 Å². The number of nitrogen functional groups attached to an aromatic ring is 1. The largest absolute Gasteiger partial charge is 0.394 e. The molecule has 0 amide bonds. The van der Waals surface area contributed by atoms with Crippen molar-refractivity contribution in [3.63, 3.8) is 0 Å². The molecule has 6 N–H and O–H groups in total. The van der Waals surface area contributed by atoms with Crippen LogP contribution in [0.4, 0.5) is 17.5 Å². The number of nitro benzene ring substituents is 1. The number of aliphatic hydroxyl groups excluding tert-OH is 3. The van der Waals surface area contributed by atoms with Crippen molar-refractivity contribution < 1.29 is 25.0 Å². The van der Waals surface area contributed by atoms with Gasteiger partial charge in [0.25, 0.3) is 5.69 Å². The van der Waals surface area contributed by atoms with Crippen molar-refractivity contribution in [2.45, 2.75) is 24.5 Å². The topological polar surface area (TPSA) is 207 Å². The molecule has 1 aliphatic rings. The first-order chi connectivity index (χ1) is 14.9. The van der Waals surface area contributed by atoms with Crippen LogP contribution >= 0.6 is 0 Å². The van der Waals surface area contributed by atoms with Crippen LogP contribution in [0.2, 0.25) is 0 Å². The maximum Gasteiger partial charge on any atom is 0.269 e. The maximum atomic E-state index is 10.7. The molecule has 31 heavy (non-hydrogen) atoms. The highest BCUT2D eigenvalue weighted by atomic mass is 16.6. The molecule has 0 radical (unpaired) electrons. The monoisotopic (exact) mass is 430 g/mol. The molecule has 3 heterocycles. The Bertz CT molecular complexity index is 1130.